The molecular weight excluding hydrogens is 192 g/mol. The zero-order valence-corrected chi connectivity index (χ0v) is 8.36. The molecular formula is C11H14N2O2. The lowest BCUT2D eigenvalue weighted by molar-refractivity contribution is -0.116. The number of hydrogen-bond donors (Lipinski definition) is 3. The molecule has 0 bridgehead atoms. The molecule has 4 heteroatoms. The Morgan fingerprint density at radius 1 is 1.53 bits per heavy atom. The number of amides is 1. The Morgan fingerprint density at radius 2 is 2.27 bits per heavy atom. The third-order valence-corrected chi connectivity index (χ3v) is 2.48. The van der Waals surface area contributed by atoms with Gasteiger partial charge >= 0.3 is 0 Å². The number of carbonyl (C=O) groups is 1. The van der Waals surface area contributed by atoms with Crippen LogP contribution in [0.1, 0.15) is 19.3 Å². The molecule has 0 saturated heterocycles. The smallest absolute Gasteiger partial charge is 0.224 e. The summed E-state index contributed by atoms with van der Waals surface area (Å²) < 4.78 is 0. The number of carbonyl (C=O) groups excluding carboxylic acids is 1. The summed E-state index contributed by atoms with van der Waals surface area (Å²) in [5.74, 6) is 0.658. The molecule has 1 saturated carbocycles. The Kier molecular flexibility index (Phi) is 2.49. The van der Waals surface area contributed by atoms with E-state index in [1.165, 1.54) is 12.1 Å². The summed E-state index contributed by atoms with van der Waals surface area (Å²) in [6.07, 6.45) is 2.87. The standard InChI is InChI=1S/C11H14N2O2/c12-9-6-8(14)3-4-10(9)13-11(15)5-7-1-2-7/h3-4,6-7,14H,1-2,5,12H2,(H,13,15). The molecule has 2 rings (SSSR count). The van der Waals surface area contributed by atoms with E-state index in [-0.39, 0.29) is 11.7 Å². The normalized spacial score (nSPS) is 14.9. The second-order valence-corrected chi connectivity index (χ2v) is 3.97. The van der Waals surface area contributed by atoms with Gasteiger partial charge in [0.25, 0.3) is 0 Å². The number of nitrogen functional groups attached to an aromatic ring is 1. The second kappa shape index (κ2) is 3.81. The molecule has 0 radical (unpaired) electrons. The first-order valence-electron chi connectivity index (χ1n) is 5.03. The van der Waals surface area contributed by atoms with Gasteiger partial charge in [0.05, 0.1) is 11.4 Å². The molecule has 0 unspecified atom stereocenters. The quantitative estimate of drug-likeness (QED) is 0.520. The predicted octanol–water partition coefficient (Wildman–Crippen LogP) is 1.71. The highest BCUT2D eigenvalue weighted by atomic mass is 16.3. The van der Waals surface area contributed by atoms with Crippen molar-refractivity contribution in [1.82, 2.24) is 0 Å². The largest absolute Gasteiger partial charge is 0.508 e. The lowest BCUT2D eigenvalue weighted by Gasteiger charge is -2.07. The molecule has 1 aromatic rings. The molecule has 1 amide bonds. The number of aromatic hydroxyl groups is 1. The lowest BCUT2D eigenvalue weighted by atomic mass is 10.2. The van der Waals surface area contributed by atoms with Crippen molar-refractivity contribution in [2.45, 2.75) is 19.3 Å². The van der Waals surface area contributed by atoms with Crippen molar-refractivity contribution in [3.8, 4) is 5.75 Å². The summed E-state index contributed by atoms with van der Waals surface area (Å²) in [4.78, 5) is 11.5. The number of benzene rings is 1. The van der Waals surface area contributed by atoms with Crippen molar-refractivity contribution in [1.29, 1.82) is 0 Å². The summed E-state index contributed by atoms with van der Waals surface area (Å²) >= 11 is 0. The Bertz CT molecular complexity index is 386. The van der Waals surface area contributed by atoms with Gasteiger partial charge in [0.15, 0.2) is 0 Å². The molecule has 4 N–H and O–H groups in total. The summed E-state index contributed by atoms with van der Waals surface area (Å²) in [7, 11) is 0. The van der Waals surface area contributed by atoms with Crippen LogP contribution in [0.5, 0.6) is 5.75 Å². The Balaban J connectivity index is 1.99. The van der Waals surface area contributed by atoms with E-state index in [0.717, 1.165) is 12.8 Å². The number of nitrogens with two attached hydrogens (primary N) is 1. The molecule has 4 nitrogen and oxygen atoms in total. The monoisotopic (exact) mass is 206 g/mol. The molecule has 1 aromatic carbocycles. The SMILES string of the molecule is Nc1cc(O)ccc1NC(=O)CC1CC1. The van der Waals surface area contributed by atoms with Crippen LogP contribution in [-0.2, 0) is 4.79 Å². The number of nitrogens with one attached hydrogen (secondary N) is 1. The van der Waals surface area contributed by atoms with Crippen LogP contribution in [0.4, 0.5) is 11.4 Å². The average molecular weight is 206 g/mol. The Morgan fingerprint density at radius 3 is 2.87 bits per heavy atom. The van der Waals surface area contributed by atoms with Crippen LogP contribution in [0.25, 0.3) is 0 Å². The van der Waals surface area contributed by atoms with Gasteiger partial charge in [-0.05, 0) is 30.9 Å². The fraction of sp³-hybridized carbons (Fsp3) is 0.364. The van der Waals surface area contributed by atoms with Crippen LogP contribution in [-0.4, -0.2) is 11.0 Å². The molecule has 0 atom stereocenters. The van der Waals surface area contributed by atoms with Crippen LogP contribution >= 0.6 is 0 Å². The van der Waals surface area contributed by atoms with E-state index in [2.05, 4.69) is 5.32 Å². The van der Waals surface area contributed by atoms with Gasteiger partial charge in [-0.2, -0.15) is 0 Å². The highest BCUT2D eigenvalue weighted by Crippen LogP contribution is 2.33. The molecule has 0 heterocycles. The number of phenolic OH excluding ortho intramolecular Hbond substituents is 1. The summed E-state index contributed by atoms with van der Waals surface area (Å²) in [6.45, 7) is 0. The highest BCUT2D eigenvalue weighted by molar-refractivity contribution is 5.94. The van der Waals surface area contributed by atoms with Crippen molar-refractivity contribution in [3.63, 3.8) is 0 Å². The van der Waals surface area contributed by atoms with E-state index >= 15 is 0 Å². The second-order valence-electron chi connectivity index (χ2n) is 3.97. The molecule has 0 aromatic heterocycles. The molecule has 80 valence electrons. The summed E-state index contributed by atoms with van der Waals surface area (Å²) in [6, 6.07) is 4.53. The van der Waals surface area contributed by atoms with Crippen molar-refractivity contribution in [3.05, 3.63) is 18.2 Å². The van der Waals surface area contributed by atoms with Crippen molar-refractivity contribution in [2.75, 3.05) is 11.1 Å². The number of anilines is 2. The number of hydrogen-bond acceptors (Lipinski definition) is 3. The molecule has 0 aliphatic heterocycles. The van der Waals surface area contributed by atoms with Crippen LogP contribution in [0, 0.1) is 5.92 Å². The van der Waals surface area contributed by atoms with E-state index in [1.54, 1.807) is 6.07 Å². The predicted molar refractivity (Wildman–Crippen MR) is 58.5 cm³/mol. The van der Waals surface area contributed by atoms with Gasteiger partial charge in [0.1, 0.15) is 5.75 Å². The maximum atomic E-state index is 11.5. The third kappa shape index (κ3) is 2.62. The van der Waals surface area contributed by atoms with Crippen LogP contribution < -0.4 is 11.1 Å². The van der Waals surface area contributed by atoms with Crippen molar-refractivity contribution < 1.29 is 9.90 Å². The minimum atomic E-state index is -0.00473. The van der Waals surface area contributed by atoms with Gasteiger partial charge in [0.2, 0.25) is 5.91 Å². The summed E-state index contributed by atoms with van der Waals surface area (Å²) in [5, 5.41) is 11.9. The Labute approximate surface area is 88.1 Å². The van der Waals surface area contributed by atoms with Gasteiger partial charge in [-0.25, -0.2) is 0 Å². The maximum Gasteiger partial charge on any atom is 0.224 e. The van der Waals surface area contributed by atoms with E-state index < -0.39 is 0 Å². The van der Waals surface area contributed by atoms with Crippen LogP contribution in [0.2, 0.25) is 0 Å². The molecule has 1 fully saturated rings. The maximum absolute atomic E-state index is 11.5. The molecule has 15 heavy (non-hydrogen) atoms. The van der Waals surface area contributed by atoms with Gasteiger partial charge in [0, 0.05) is 12.5 Å². The van der Waals surface area contributed by atoms with Crippen molar-refractivity contribution >= 4 is 17.3 Å². The molecule has 1 aliphatic rings. The van der Waals surface area contributed by atoms with Gasteiger partial charge < -0.3 is 16.2 Å². The first-order chi connectivity index (χ1) is 7.15. The van der Waals surface area contributed by atoms with Gasteiger partial charge in [-0.3, -0.25) is 4.79 Å². The minimum Gasteiger partial charge on any atom is -0.508 e. The van der Waals surface area contributed by atoms with Gasteiger partial charge in [-0.15, -0.1) is 0 Å². The fourth-order valence-corrected chi connectivity index (χ4v) is 1.45. The Hall–Kier alpha value is -1.71. The zero-order valence-electron chi connectivity index (χ0n) is 8.36. The number of rotatable bonds is 3. The third-order valence-electron chi connectivity index (χ3n) is 2.48. The first-order valence-corrected chi connectivity index (χ1v) is 5.03. The van der Waals surface area contributed by atoms with E-state index in [0.29, 0.717) is 23.7 Å². The highest BCUT2D eigenvalue weighted by Gasteiger charge is 2.24. The topological polar surface area (TPSA) is 75.3 Å². The first kappa shape index (κ1) is 9.83. The van der Waals surface area contributed by atoms with E-state index in [4.69, 9.17) is 10.8 Å². The minimum absolute atomic E-state index is 0.00473. The zero-order chi connectivity index (χ0) is 10.8. The van der Waals surface area contributed by atoms with E-state index in [9.17, 15) is 4.79 Å². The number of phenols is 1. The summed E-state index contributed by atoms with van der Waals surface area (Å²) in [5.41, 5.74) is 6.60. The fourth-order valence-electron chi connectivity index (χ4n) is 1.45. The van der Waals surface area contributed by atoms with Crippen LogP contribution in [0.3, 0.4) is 0 Å². The average Bonchev–Trinajstić information content (AvgIpc) is 2.94. The van der Waals surface area contributed by atoms with Gasteiger partial charge in [-0.1, -0.05) is 0 Å². The van der Waals surface area contributed by atoms with E-state index in [1.807, 2.05) is 0 Å². The molecule has 0 spiro atoms. The van der Waals surface area contributed by atoms with Crippen molar-refractivity contribution in [2.24, 2.45) is 5.92 Å². The lowest BCUT2D eigenvalue weighted by Crippen LogP contribution is -2.13. The van der Waals surface area contributed by atoms with Crippen LogP contribution in [0.15, 0.2) is 18.2 Å². The molecule has 1 aliphatic carbocycles.